The first-order chi connectivity index (χ1) is 43.6. The average molecular weight is 1240 g/mol. The summed E-state index contributed by atoms with van der Waals surface area (Å²) in [5, 5.41) is 1.85. The maximum Gasteiger partial charge on any atom is 0.266 e. The summed E-state index contributed by atoms with van der Waals surface area (Å²) in [6, 6.07) is 40.4. The molecule has 15 rings (SSSR count). The predicted octanol–water partition coefficient (Wildman–Crippen LogP) is 9.07. The lowest BCUT2D eigenvalue weighted by Crippen LogP contribution is -2.26. The van der Waals surface area contributed by atoms with E-state index < -0.39 is 0 Å². The molecular weight excluding hydrogens is 1180 g/mol. The molecule has 0 fully saturated rings. The number of aromatic nitrogens is 18. The molecule has 0 atom stereocenters. The number of rotatable bonds is 9. The highest BCUT2D eigenvalue weighted by atomic mass is 32.1. The van der Waals surface area contributed by atoms with Crippen molar-refractivity contribution < 1.29 is 0 Å². The van der Waals surface area contributed by atoms with Gasteiger partial charge in [-0.1, -0.05) is 98.4 Å². The van der Waals surface area contributed by atoms with Gasteiger partial charge in [0.1, 0.15) is 53.0 Å². The van der Waals surface area contributed by atoms with E-state index in [1.807, 2.05) is 183 Å². The highest BCUT2D eigenvalue weighted by Gasteiger charge is 2.22. The standard InChI is InChI=1S/3C22H19N7O.CH4.H2S/c3*1-13-6-3-4-9-16(13)29-17(27-15-8-5-7-14(2)18(15)22(29)30)10-28-12-26-19-20(23)24-11-25-21(19)28;;/h3*3-9,11-12H,10H2,1-2H3,(H2,23,24,25);1H4;1H2. The summed E-state index contributed by atoms with van der Waals surface area (Å²) in [6.07, 6.45) is 9.14. The Morgan fingerprint density at radius 2 is 0.598 bits per heavy atom. The zero-order chi connectivity index (χ0) is 62.5. The molecule has 9 aromatic heterocycles. The first kappa shape index (κ1) is 61.8. The highest BCUT2D eigenvalue weighted by molar-refractivity contribution is 7.59. The van der Waals surface area contributed by atoms with E-state index in [1.54, 1.807) is 32.7 Å². The third kappa shape index (κ3) is 11.2. The van der Waals surface area contributed by atoms with Gasteiger partial charge in [0.15, 0.2) is 34.4 Å². The zero-order valence-electron chi connectivity index (χ0n) is 50.2. The second kappa shape index (κ2) is 25.3. The van der Waals surface area contributed by atoms with Crippen LogP contribution in [0.3, 0.4) is 0 Å². The molecule has 460 valence electrons. The molecule has 24 nitrogen and oxygen atoms in total. The number of nitrogen functional groups attached to an aromatic ring is 3. The zero-order valence-corrected chi connectivity index (χ0v) is 51.2. The monoisotopic (exact) mass is 1240 g/mol. The number of benzene rings is 6. The van der Waals surface area contributed by atoms with Crippen molar-refractivity contribution in [1.29, 1.82) is 0 Å². The maximum absolute atomic E-state index is 13.6. The summed E-state index contributed by atoms with van der Waals surface area (Å²) in [7, 11) is 0. The molecule has 9 heterocycles. The molecule has 0 aliphatic heterocycles. The molecular formula is C67H63N21O3S. The van der Waals surface area contributed by atoms with Crippen LogP contribution in [0, 0.1) is 41.5 Å². The molecule has 6 N–H and O–H groups in total. The van der Waals surface area contributed by atoms with Gasteiger partial charge in [0.25, 0.3) is 16.7 Å². The number of para-hydroxylation sites is 3. The maximum atomic E-state index is 13.6. The normalized spacial score (nSPS) is 11.2. The summed E-state index contributed by atoms with van der Waals surface area (Å²) in [6.45, 7) is 12.6. The summed E-state index contributed by atoms with van der Waals surface area (Å²) < 4.78 is 10.5. The SMILES string of the molecule is C.Cc1ccccc1-n1c(Cn2cnc3c(N)ncnc32)nc2cccc(C)c2c1=O.Cc1ccccc1-n1c(Cn2cnc3c(N)ncnc32)nc2cccc(C)c2c1=O.Cc1ccccc1-n1c(Cn2cnc3c(N)ncnc32)nc2cccc(C)c2c1=O.S. The van der Waals surface area contributed by atoms with Gasteiger partial charge in [0.2, 0.25) is 0 Å². The number of nitrogens with zero attached hydrogens (tertiary/aromatic N) is 18. The van der Waals surface area contributed by atoms with Crippen LogP contribution in [0.25, 0.3) is 83.3 Å². The van der Waals surface area contributed by atoms with Crippen molar-refractivity contribution in [3.8, 4) is 17.1 Å². The Kier molecular flexibility index (Phi) is 17.0. The highest BCUT2D eigenvalue weighted by Crippen LogP contribution is 2.26. The van der Waals surface area contributed by atoms with Crippen LogP contribution in [0.4, 0.5) is 17.5 Å². The van der Waals surface area contributed by atoms with Crippen molar-refractivity contribution in [2.45, 2.75) is 68.6 Å². The van der Waals surface area contributed by atoms with E-state index >= 15 is 0 Å². The number of aryl methyl sites for hydroxylation is 6. The Morgan fingerprint density at radius 1 is 0.337 bits per heavy atom. The van der Waals surface area contributed by atoms with Gasteiger partial charge < -0.3 is 30.9 Å². The lowest BCUT2D eigenvalue weighted by atomic mass is 10.1. The van der Waals surface area contributed by atoms with E-state index in [4.69, 9.17) is 32.2 Å². The fraction of sp³-hybridized carbons (Fsp3) is 0.149. The third-order valence-corrected chi connectivity index (χ3v) is 15.8. The minimum absolute atomic E-state index is 0. The number of hydrogen-bond donors (Lipinski definition) is 3. The molecule has 6 aromatic carbocycles. The van der Waals surface area contributed by atoms with Crippen LogP contribution in [0.1, 0.15) is 58.3 Å². The van der Waals surface area contributed by atoms with Gasteiger partial charge in [-0.05, 0) is 111 Å². The van der Waals surface area contributed by atoms with Crippen molar-refractivity contribution in [1.82, 2.24) is 87.2 Å². The fourth-order valence-electron chi connectivity index (χ4n) is 11.3. The summed E-state index contributed by atoms with van der Waals surface area (Å²) in [5.41, 5.74) is 30.9. The molecule has 0 aliphatic rings. The van der Waals surface area contributed by atoms with Gasteiger partial charge in [0, 0.05) is 0 Å². The Labute approximate surface area is 532 Å². The molecule has 0 radical (unpaired) electrons. The number of anilines is 3. The number of hydrogen-bond acceptors (Lipinski definition) is 18. The van der Waals surface area contributed by atoms with E-state index in [2.05, 4.69) is 44.9 Å². The summed E-state index contributed by atoms with van der Waals surface area (Å²) >= 11 is 0. The third-order valence-electron chi connectivity index (χ3n) is 15.8. The minimum Gasteiger partial charge on any atom is -0.382 e. The quantitative estimate of drug-likeness (QED) is 0.121. The topological polar surface area (TPSA) is 314 Å². The second-order valence-electron chi connectivity index (χ2n) is 21.7. The van der Waals surface area contributed by atoms with E-state index in [-0.39, 0.29) is 37.6 Å². The van der Waals surface area contributed by atoms with Crippen LogP contribution < -0.4 is 33.9 Å². The van der Waals surface area contributed by atoms with E-state index in [9.17, 15) is 14.4 Å². The van der Waals surface area contributed by atoms with Gasteiger partial charge >= 0.3 is 0 Å². The first-order valence-electron chi connectivity index (χ1n) is 28.6. The fourth-order valence-corrected chi connectivity index (χ4v) is 11.3. The molecule has 25 heteroatoms. The Bertz CT molecular complexity index is 5000. The van der Waals surface area contributed by atoms with Gasteiger partial charge in [0.05, 0.1) is 88.4 Å². The van der Waals surface area contributed by atoms with Crippen molar-refractivity contribution in [3.05, 3.63) is 247 Å². The molecule has 0 unspecified atom stereocenters. The summed E-state index contributed by atoms with van der Waals surface area (Å²) in [5.74, 6) is 2.71. The molecule has 0 spiro atoms. The van der Waals surface area contributed by atoms with Gasteiger partial charge in [-0.3, -0.25) is 28.1 Å². The molecule has 0 saturated heterocycles. The molecule has 0 bridgehead atoms. The number of fused-ring (bicyclic) bond motifs is 6. The average Bonchev–Trinajstić information content (AvgIpc) is 0.810. The smallest absolute Gasteiger partial charge is 0.266 e. The number of imidazole rings is 3. The Balaban J connectivity index is 0.000000140. The van der Waals surface area contributed by atoms with Crippen LogP contribution in [0.2, 0.25) is 0 Å². The number of nitrogens with two attached hydrogens (primary N) is 3. The van der Waals surface area contributed by atoms with E-state index in [0.717, 1.165) is 50.4 Å². The first-order valence-corrected chi connectivity index (χ1v) is 28.6. The predicted molar refractivity (Wildman–Crippen MR) is 364 cm³/mol. The van der Waals surface area contributed by atoms with Gasteiger partial charge in [-0.25, -0.2) is 59.8 Å². The van der Waals surface area contributed by atoms with Crippen molar-refractivity contribution in [3.63, 3.8) is 0 Å². The second-order valence-corrected chi connectivity index (χ2v) is 21.7. The van der Waals surface area contributed by atoms with Crippen LogP contribution in [0.15, 0.2) is 180 Å². The molecule has 0 aliphatic carbocycles. The van der Waals surface area contributed by atoms with Gasteiger partial charge in [-0.15, -0.1) is 0 Å². The lowest BCUT2D eigenvalue weighted by Gasteiger charge is -2.16. The molecule has 92 heavy (non-hydrogen) atoms. The van der Waals surface area contributed by atoms with Gasteiger partial charge in [-0.2, -0.15) is 13.5 Å². The van der Waals surface area contributed by atoms with Crippen molar-refractivity contribution >= 4 is 97.1 Å². The van der Waals surface area contributed by atoms with Crippen LogP contribution in [0.5, 0.6) is 0 Å². The van der Waals surface area contributed by atoms with E-state index in [0.29, 0.717) is 121 Å². The molecule has 0 amide bonds. The minimum atomic E-state index is -0.0963. The van der Waals surface area contributed by atoms with E-state index in [1.165, 1.54) is 19.0 Å². The van der Waals surface area contributed by atoms with Crippen LogP contribution in [-0.4, -0.2) is 87.2 Å². The summed E-state index contributed by atoms with van der Waals surface area (Å²) in [4.78, 5) is 93.3. The van der Waals surface area contributed by atoms with Crippen molar-refractivity contribution in [2.24, 2.45) is 0 Å². The molecule has 0 saturated carbocycles. The Morgan fingerprint density at radius 3 is 0.870 bits per heavy atom. The molecule has 15 aromatic rings. The van der Waals surface area contributed by atoms with Crippen molar-refractivity contribution in [2.75, 3.05) is 17.2 Å². The lowest BCUT2D eigenvalue weighted by molar-refractivity contribution is 0.716. The Hall–Kier alpha value is -11.9. The van der Waals surface area contributed by atoms with Crippen LogP contribution in [-0.2, 0) is 19.6 Å². The largest absolute Gasteiger partial charge is 0.382 e. The van der Waals surface area contributed by atoms with Crippen LogP contribution >= 0.6 is 13.5 Å².